The summed E-state index contributed by atoms with van der Waals surface area (Å²) in [6, 6.07) is 18.8. The van der Waals surface area contributed by atoms with E-state index < -0.39 is 0 Å². The fourth-order valence-corrected chi connectivity index (χ4v) is 4.13. The Kier molecular flexibility index (Phi) is 8.45. The highest BCUT2D eigenvalue weighted by molar-refractivity contribution is 9.10. The molecule has 0 heterocycles. The lowest BCUT2D eigenvalue weighted by Gasteiger charge is -2.15. The Morgan fingerprint density at radius 2 is 1.81 bits per heavy atom. The van der Waals surface area contributed by atoms with Gasteiger partial charge in [-0.1, -0.05) is 73.3 Å². The minimum Gasteiger partial charge on any atom is -0.490 e. The molecule has 0 aromatic heterocycles. The van der Waals surface area contributed by atoms with Crippen molar-refractivity contribution < 1.29 is 9.47 Å². The highest BCUT2D eigenvalue weighted by Gasteiger charge is 2.13. The average Bonchev–Trinajstić information content (AvgIpc) is 2.73. The second-order valence-corrected chi connectivity index (χ2v) is 9.07. The molecule has 0 spiro atoms. The van der Waals surface area contributed by atoms with Crippen LogP contribution >= 0.6 is 55.1 Å². The number of nitriles is 1. The molecule has 3 rings (SSSR count). The second kappa shape index (κ2) is 11.1. The summed E-state index contributed by atoms with van der Waals surface area (Å²) in [4.78, 5) is 0. The number of allylic oxidation sites excluding steroid dienone is 1. The Bertz CT molecular complexity index is 1170. The van der Waals surface area contributed by atoms with Gasteiger partial charge in [-0.2, -0.15) is 5.26 Å². The van der Waals surface area contributed by atoms with Gasteiger partial charge in [-0.05, 0) is 60.5 Å². The van der Waals surface area contributed by atoms with Gasteiger partial charge in [0.25, 0.3) is 0 Å². The van der Waals surface area contributed by atoms with Crippen LogP contribution in [0.5, 0.6) is 11.5 Å². The smallest absolute Gasteiger partial charge is 0.162 e. The summed E-state index contributed by atoms with van der Waals surface area (Å²) in [6.45, 7) is 2.64. The number of hydrogen-bond acceptors (Lipinski definition) is 3. The topological polar surface area (TPSA) is 42.2 Å². The molecular formula is C24H17Br2Cl2NO2. The summed E-state index contributed by atoms with van der Waals surface area (Å²) in [5, 5.41) is 10.8. The largest absolute Gasteiger partial charge is 0.490 e. The van der Waals surface area contributed by atoms with Crippen molar-refractivity contribution in [3.63, 3.8) is 0 Å². The van der Waals surface area contributed by atoms with E-state index >= 15 is 0 Å². The number of ether oxygens (including phenoxy) is 2. The van der Waals surface area contributed by atoms with Gasteiger partial charge < -0.3 is 9.47 Å². The first-order valence-electron chi connectivity index (χ1n) is 9.32. The molecule has 31 heavy (non-hydrogen) atoms. The molecule has 0 saturated heterocycles. The molecule has 0 fully saturated rings. The lowest BCUT2D eigenvalue weighted by Crippen LogP contribution is -2.01. The fourth-order valence-electron chi connectivity index (χ4n) is 2.83. The van der Waals surface area contributed by atoms with Gasteiger partial charge >= 0.3 is 0 Å². The van der Waals surface area contributed by atoms with Gasteiger partial charge in [0.15, 0.2) is 11.5 Å². The molecular weight excluding hydrogens is 565 g/mol. The van der Waals surface area contributed by atoms with E-state index in [2.05, 4.69) is 37.9 Å². The van der Waals surface area contributed by atoms with Crippen molar-refractivity contribution in [1.82, 2.24) is 0 Å². The summed E-state index contributed by atoms with van der Waals surface area (Å²) in [7, 11) is 0. The zero-order valence-corrected chi connectivity index (χ0v) is 21.1. The normalized spacial score (nSPS) is 11.2. The first-order chi connectivity index (χ1) is 14.9. The second-order valence-electron chi connectivity index (χ2n) is 6.46. The summed E-state index contributed by atoms with van der Waals surface area (Å²) >= 11 is 19.2. The third-order valence-corrected chi connectivity index (χ3v) is 6.08. The number of hydrogen-bond donors (Lipinski definition) is 0. The molecule has 0 aliphatic carbocycles. The minimum absolute atomic E-state index is 0.263. The Labute approximate surface area is 208 Å². The molecule has 0 bridgehead atoms. The molecule has 3 nitrogen and oxygen atoms in total. The van der Waals surface area contributed by atoms with Crippen molar-refractivity contribution in [2.75, 3.05) is 6.61 Å². The fraction of sp³-hybridized carbons (Fsp3) is 0.125. The molecule has 0 aliphatic rings. The zero-order chi connectivity index (χ0) is 22.4. The SMILES string of the molecule is CCOc1cc(/C=C(\C#N)c2cccc(Br)c2)c(Br)cc1OCc1ccc(Cl)cc1Cl. The van der Waals surface area contributed by atoms with Crippen molar-refractivity contribution >= 4 is 66.7 Å². The molecule has 3 aromatic rings. The molecule has 0 radical (unpaired) electrons. The van der Waals surface area contributed by atoms with E-state index in [4.69, 9.17) is 32.7 Å². The van der Waals surface area contributed by atoms with Crippen LogP contribution in [0.1, 0.15) is 23.6 Å². The van der Waals surface area contributed by atoms with E-state index in [0.29, 0.717) is 33.7 Å². The first kappa shape index (κ1) is 23.7. The Hall–Kier alpha value is -1.97. The summed E-state index contributed by atoms with van der Waals surface area (Å²) in [5.41, 5.74) is 2.97. The zero-order valence-electron chi connectivity index (χ0n) is 16.5. The van der Waals surface area contributed by atoms with Crippen LogP contribution in [0.3, 0.4) is 0 Å². The predicted octanol–water partition coefficient (Wildman–Crippen LogP) is 8.56. The van der Waals surface area contributed by atoms with Crippen LogP contribution in [-0.4, -0.2) is 6.61 Å². The Balaban J connectivity index is 1.93. The van der Waals surface area contributed by atoms with Crippen LogP contribution in [0.2, 0.25) is 10.0 Å². The Morgan fingerprint density at radius 1 is 1.03 bits per heavy atom. The standard InChI is InChI=1S/C24H17Br2Cl2NO2/c1-2-30-23-10-17(8-18(13-29)15-4-3-5-19(25)9-15)21(26)12-24(23)31-14-16-6-7-20(27)11-22(16)28/h3-12H,2,14H2,1H3/b18-8+. The maximum atomic E-state index is 9.68. The van der Waals surface area contributed by atoms with E-state index in [0.717, 1.165) is 25.6 Å². The van der Waals surface area contributed by atoms with E-state index in [1.807, 2.05) is 55.5 Å². The van der Waals surface area contributed by atoms with Gasteiger partial charge in [-0.15, -0.1) is 0 Å². The maximum Gasteiger partial charge on any atom is 0.162 e. The molecule has 0 aliphatic heterocycles. The highest BCUT2D eigenvalue weighted by atomic mass is 79.9. The predicted molar refractivity (Wildman–Crippen MR) is 134 cm³/mol. The van der Waals surface area contributed by atoms with Crippen molar-refractivity contribution in [1.29, 1.82) is 5.26 Å². The van der Waals surface area contributed by atoms with Crippen molar-refractivity contribution in [3.05, 3.63) is 90.3 Å². The number of rotatable bonds is 7. The molecule has 158 valence electrons. The lowest BCUT2D eigenvalue weighted by atomic mass is 10.0. The van der Waals surface area contributed by atoms with Gasteiger partial charge in [0.05, 0.1) is 18.2 Å². The molecule has 7 heteroatoms. The molecule has 0 saturated carbocycles. The highest BCUT2D eigenvalue weighted by Crippen LogP contribution is 2.36. The van der Waals surface area contributed by atoms with E-state index in [1.54, 1.807) is 12.1 Å². The summed E-state index contributed by atoms with van der Waals surface area (Å²) in [5.74, 6) is 1.14. The average molecular weight is 582 g/mol. The van der Waals surface area contributed by atoms with Gasteiger partial charge in [-0.3, -0.25) is 0 Å². The van der Waals surface area contributed by atoms with Gasteiger partial charge in [-0.25, -0.2) is 0 Å². The maximum absolute atomic E-state index is 9.68. The number of benzene rings is 3. The van der Waals surface area contributed by atoms with E-state index in [-0.39, 0.29) is 6.61 Å². The van der Waals surface area contributed by atoms with Gasteiger partial charge in [0.2, 0.25) is 0 Å². The minimum atomic E-state index is 0.263. The summed E-state index contributed by atoms with van der Waals surface area (Å²) in [6.07, 6.45) is 1.81. The van der Waals surface area contributed by atoms with Crippen LogP contribution in [0.4, 0.5) is 0 Å². The summed E-state index contributed by atoms with van der Waals surface area (Å²) < 4.78 is 13.5. The van der Waals surface area contributed by atoms with Crippen molar-refractivity contribution in [2.45, 2.75) is 13.5 Å². The third kappa shape index (κ3) is 6.27. The molecule has 0 atom stereocenters. The monoisotopic (exact) mass is 579 g/mol. The van der Waals surface area contributed by atoms with Crippen LogP contribution in [-0.2, 0) is 6.61 Å². The first-order valence-corrected chi connectivity index (χ1v) is 11.7. The lowest BCUT2D eigenvalue weighted by molar-refractivity contribution is 0.269. The number of halogens is 4. The third-order valence-electron chi connectivity index (χ3n) is 4.32. The van der Waals surface area contributed by atoms with Gasteiger partial charge in [0, 0.05) is 24.6 Å². The van der Waals surface area contributed by atoms with E-state index in [9.17, 15) is 5.26 Å². The Morgan fingerprint density at radius 3 is 2.48 bits per heavy atom. The van der Waals surface area contributed by atoms with Crippen LogP contribution in [0, 0.1) is 11.3 Å². The van der Waals surface area contributed by atoms with Crippen LogP contribution in [0.25, 0.3) is 11.6 Å². The van der Waals surface area contributed by atoms with Gasteiger partial charge in [0.1, 0.15) is 6.61 Å². The number of nitrogens with zero attached hydrogens (tertiary/aromatic N) is 1. The van der Waals surface area contributed by atoms with E-state index in [1.165, 1.54) is 0 Å². The molecule has 0 unspecified atom stereocenters. The molecule has 0 N–H and O–H groups in total. The van der Waals surface area contributed by atoms with Crippen LogP contribution in [0.15, 0.2) is 63.5 Å². The van der Waals surface area contributed by atoms with Crippen molar-refractivity contribution in [2.24, 2.45) is 0 Å². The molecule has 3 aromatic carbocycles. The van der Waals surface area contributed by atoms with Crippen LogP contribution < -0.4 is 9.47 Å². The molecule has 0 amide bonds. The quantitative estimate of drug-likeness (QED) is 0.207. The van der Waals surface area contributed by atoms with Crippen molar-refractivity contribution in [3.8, 4) is 17.6 Å².